The van der Waals surface area contributed by atoms with Crippen LogP contribution in [0, 0.1) is 13.8 Å². The summed E-state index contributed by atoms with van der Waals surface area (Å²) in [6.45, 7) is 10.9. The fourth-order valence-corrected chi connectivity index (χ4v) is 4.26. The zero-order valence-electron chi connectivity index (χ0n) is 16.0. The molecule has 1 heterocycles. The largest absolute Gasteiger partial charge is 0.336 e. The monoisotopic (exact) mass is 367 g/mol. The molecule has 1 amide bonds. The second-order valence-electron chi connectivity index (χ2n) is 7.13. The maximum absolute atomic E-state index is 12.9. The highest BCUT2D eigenvalue weighted by atomic mass is 32.2. The van der Waals surface area contributed by atoms with Gasteiger partial charge in [0.1, 0.15) is 0 Å². The van der Waals surface area contributed by atoms with Gasteiger partial charge in [0.2, 0.25) is 10.0 Å². The molecule has 0 aromatic heterocycles. The van der Waals surface area contributed by atoms with Crippen molar-refractivity contribution in [3.05, 3.63) is 28.8 Å². The highest BCUT2D eigenvalue weighted by Crippen LogP contribution is 2.24. The zero-order chi connectivity index (χ0) is 18.9. The fourth-order valence-electron chi connectivity index (χ4n) is 3.04. The summed E-state index contributed by atoms with van der Waals surface area (Å²) in [5.41, 5.74) is 1.95. The highest BCUT2D eigenvalue weighted by Gasteiger charge is 2.27. The highest BCUT2D eigenvalue weighted by molar-refractivity contribution is 7.89. The van der Waals surface area contributed by atoms with Gasteiger partial charge in [0.05, 0.1) is 4.90 Å². The third kappa shape index (κ3) is 4.04. The molecule has 0 atom stereocenters. The van der Waals surface area contributed by atoms with Gasteiger partial charge < -0.3 is 4.90 Å². The number of benzene rings is 1. The third-order valence-corrected chi connectivity index (χ3v) is 6.90. The number of hydrogen-bond acceptors (Lipinski definition) is 4. The van der Waals surface area contributed by atoms with Crippen LogP contribution in [0.2, 0.25) is 0 Å². The quantitative estimate of drug-likeness (QED) is 0.813. The van der Waals surface area contributed by atoms with Gasteiger partial charge in [-0.1, -0.05) is 0 Å². The van der Waals surface area contributed by atoms with Crippen LogP contribution in [0.3, 0.4) is 0 Å². The van der Waals surface area contributed by atoms with Crippen molar-refractivity contribution in [2.45, 2.75) is 38.6 Å². The minimum absolute atomic E-state index is 0.0956. The van der Waals surface area contributed by atoms with Crippen molar-refractivity contribution in [3.8, 4) is 0 Å². The molecular formula is C18H29N3O3S. The Labute approximate surface area is 151 Å². The number of rotatable bonds is 4. The van der Waals surface area contributed by atoms with Gasteiger partial charge in [-0.15, -0.1) is 0 Å². The number of nitrogens with zero attached hydrogens (tertiary/aromatic N) is 3. The van der Waals surface area contributed by atoms with Crippen LogP contribution < -0.4 is 0 Å². The van der Waals surface area contributed by atoms with Crippen LogP contribution in [0.25, 0.3) is 0 Å². The fraction of sp³-hybridized carbons (Fsp3) is 0.611. The van der Waals surface area contributed by atoms with Crippen LogP contribution in [0.15, 0.2) is 17.0 Å². The summed E-state index contributed by atoms with van der Waals surface area (Å²) in [5.74, 6) is -0.0956. The van der Waals surface area contributed by atoms with Gasteiger partial charge in [-0.3, -0.25) is 9.69 Å². The molecule has 1 aliphatic heterocycles. The normalized spacial score (nSPS) is 16.7. The van der Waals surface area contributed by atoms with Gasteiger partial charge in [-0.05, 0) is 51.0 Å². The van der Waals surface area contributed by atoms with Crippen molar-refractivity contribution >= 4 is 15.9 Å². The predicted molar refractivity (Wildman–Crippen MR) is 99.4 cm³/mol. The number of aryl methyl sites for hydroxylation is 1. The number of piperazine rings is 1. The molecule has 1 fully saturated rings. The van der Waals surface area contributed by atoms with Crippen LogP contribution in [-0.4, -0.2) is 74.7 Å². The maximum Gasteiger partial charge on any atom is 0.253 e. The number of hydrogen-bond donors (Lipinski definition) is 0. The Balaban J connectivity index is 2.31. The lowest BCUT2D eigenvalue weighted by atomic mass is 10.0. The van der Waals surface area contributed by atoms with Crippen molar-refractivity contribution in [2.24, 2.45) is 0 Å². The van der Waals surface area contributed by atoms with Crippen molar-refractivity contribution in [1.82, 2.24) is 14.1 Å². The van der Waals surface area contributed by atoms with E-state index in [-0.39, 0.29) is 10.8 Å². The summed E-state index contributed by atoms with van der Waals surface area (Å²) in [4.78, 5) is 17.3. The van der Waals surface area contributed by atoms with E-state index in [1.807, 2.05) is 11.8 Å². The van der Waals surface area contributed by atoms with E-state index in [1.54, 1.807) is 13.0 Å². The van der Waals surface area contributed by atoms with Crippen molar-refractivity contribution in [1.29, 1.82) is 0 Å². The van der Waals surface area contributed by atoms with Gasteiger partial charge in [0.15, 0.2) is 0 Å². The van der Waals surface area contributed by atoms with Crippen LogP contribution in [0.4, 0.5) is 0 Å². The first-order valence-corrected chi connectivity index (χ1v) is 10.1. The molecular weight excluding hydrogens is 338 g/mol. The lowest BCUT2D eigenvalue weighted by Crippen LogP contribution is -2.50. The van der Waals surface area contributed by atoms with Gasteiger partial charge in [-0.2, -0.15) is 0 Å². The topological polar surface area (TPSA) is 60.9 Å². The molecule has 140 valence electrons. The predicted octanol–water partition coefficient (Wildman–Crippen LogP) is 1.72. The Bertz CT molecular complexity index is 749. The Morgan fingerprint density at radius 1 is 1.08 bits per heavy atom. The third-order valence-electron chi connectivity index (χ3n) is 4.96. The molecule has 6 nitrogen and oxygen atoms in total. The summed E-state index contributed by atoms with van der Waals surface area (Å²) in [6, 6.07) is 3.78. The Morgan fingerprint density at radius 3 is 2.12 bits per heavy atom. The molecule has 1 saturated heterocycles. The summed E-state index contributed by atoms with van der Waals surface area (Å²) in [5, 5.41) is 0. The molecule has 0 spiro atoms. The smallest absolute Gasteiger partial charge is 0.253 e. The molecule has 0 bridgehead atoms. The first kappa shape index (κ1) is 19.9. The molecule has 25 heavy (non-hydrogen) atoms. The van der Waals surface area contributed by atoms with E-state index in [1.165, 1.54) is 24.5 Å². The first-order chi connectivity index (χ1) is 11.6. The van der Waals surface area contributed by atoms with Crippen molar-refractivity contribution in [3.63, 3.8) is 0 Å². The minimum Gasteiger partial charge on any atom is -0.336 e. The molecule has 1 aromatic rings. The Hall–Kier alpha value is -1.44. The van der Waals surface area contributed by atoms with E-state index in [0.29, 0.717) is 30.3 Å². The molecule has 1 aromatic carbocycles. The van der Waals surface area contributed by atoms with Crippen molar-refractivity contribution < 1.29 is 13.2 Å². The first-order valence-electron chi connectivity index (χ1n) is 8.62. The lowest BCUT2D eigenvalue weighted by Gasteiger charge is -2.37. The van der Waals surface area contributed by atoms with Crippen LogP contribution >= 0.6 is 0 Å². The zero-order valence-corrected chi connectivity index (χ0v) is 16.9. The van der Waals surface area contributed by atoms with E-state index < -0.39 is 10.0 Å². The number of carbonyl (C=O) groups is 1. The van der Waals surface area contributed by atoms with Gasteiger partial charge in [-0.25, -0.2) is 12.7 Å². The van der Waals surface area contributed by atoms with Crippen LogP contribution in [0.1, 0.15) is 35.3 Å². The van der Waals surface area contributed by atoms with E-state index >= 15 is 0 Å². The van der Waals surface area contributed by atoms with Crippen molar-refractivity contribution in [2.75, 3.05) is 40.3 Å². The molecule has 0 radical (unpaired) electrons. The molecule has 7 heteroatoms. The SMILES string of the molecule is Cc1cc(C(=O)N2CCN(C(C)C)CC2)cc(S(=O)(=O)N(C)C)c1C. The number of sulfonamides is 1. The van der Waals surface area contributed by atoms with Gasteiger partial charge >= 0.3 is 0 Å². The second-order valence-corrected chi connectivity index (χ2v) is 9.25. The number of carbonyl (C=O) groups excluding carboxylic acids is 1. The minimum atomic E-state index is -3.58. The summed E-state index contributed by atoms with van der Waals surface area (Å²) >= 11 is 0. The molecule has 0 unspecified atom stereocenters. The maximum atomic E-state index is 12.9. The van der Waals surface area contributed by atoms with Gasteiger partial charge in [0, 0.05) is 51.9 Å². The molecule has 2 rings (SSSR count). The van der Waals surface area contributed by atoms with E-state index in [0.717, 1.165) is 18.7 Å². The van der Waals surface area contributed by atoms with Gasteiger partial charge in [0.25, 0.3) is 5.91 Å². The second kappa shape index (κ2) is 7.43. The van der Waals surface area contributed by atoms with E-state index in [9.17, 15) is 13.2 Å². The number of amides is 1. The summed E-state index contributed by atoms with van der Waals surface area (Å²) < 4.78 is 26.3. The molecule has 1 aliphatic rings. The van der Waals surface area contributed by atoms with Crippen LogP contribution in [0.5, 0.6) is 0 Å². The Kier molecular flexibility index (Phi) is 5.91. The standard InChI is InChI=1S/C18H29N3O3S/c1-13(2)20-7-9-21(10-8-20)18(22)16-11-14(3)15(4)17(12-16)25(23,24)19(5)6/h11-13H,7-10H2,1-6H3. The van der Waals surface area contributed by atoms with E-state index in [4.69, 9.17) is 0 Å². The average Bonchev–Trinajstić information content (AvgIpc) is 2.56. The lowest BCUT2D eigenvalue weighted by molar-refractivity contribution is 0.0595. The average molecular weight is 368 g/mol. The molecule has 0 aliphatic carbocycles. The molecule has 0 saturated carbocycles. The summed E-state index contributed by atoms with van der Waals surface area (Å²) in [6.07, 6.45) is 0. The molecule has 0 N–H and O–H groups in total. The summed E-state index contributed by atoms with van der Waals surface area (Å²) in [7, 11) is -0.575. The Morgan fingerprint density at radius 2 is 1.64 bits per heavy atom. The van der Waals surface area contributed by atoms with Crippen LogP contribution in [-0.2, 0) is 10.0 Å². The van der Waals surface area contributed by atoms with E-state index in [2.05, 4.69) is 18.7 Å².